The molecule has 1 atom stereocenters. The van der Waals surface area contributed by atoms with Crippen molar-refractivity contribution in [1.29, 1.82) is 0 Å². The molecule has 5 rings (SSSR count). The smallest absolute Gasteiger partial charge is 0.290 e. The van der Waals surface area contributed by atoms with Gasteiger partial charge in [-0.25, -0.2) is 0 Å². The number of likely N-dealkylation sites (tertiary alicyclic amines) is 1. The van der Waals surface area contributed by atoms with Gasteiger partial charge in [-0.1, -0.05) is 24.3 Å². The van der Waals surface area contributed by atoms with Crippen LogP contribution in [0.5, 0.6) is 5.75 Å². The summed E-state index contributed by atoms with van der Waals surface area (Å²) in [6.07, 6.45) is 0.934. The average Bonchev–Trinajstić information content (AvgIpc) is 3.22. The van der Waals surface area contributed by atoms with Gasteiger partial charge in [-0.2, -0.15) is 0 Å². The Bertz CT molecular complexity index is 1130. The van der Waals surface area contributed by atoms with Gasteiger partial charge in [0, 0.05) is 23.9 Å². The molecule has 142 valence electrons. The van der Waals surface area contributed by atoms with Crippen molar-refractivity contribution in [3.8, 4) is 5.75 Å². The zero-order chi connectivity index (χ0) is 19.5. The summed E-state index contributed by atoms with van der Waals surface area (Å²) in [7, 11) is 0. The van der Waals surface area contributed by atoms with Gasteiger partial charge < -0.3 is 14.1 Å². The zero-order valence-electron chi connectivity index (χ0n) is 16.0. The summed E-state index contributed by atoms with van der Waals surface area (Å²) in [6, 6.07) is 13.3. The number of Topliss-reactive ketones (excluding diaryl/α,β-unsaturated/α-hetero) is 1. The molecule has 0 aliphatic carbocycles. The van der Waals surface area contributed by atoms with Crippen LogP contribution >= 0.6 is 0 Å². The van der Waals surface area contributed by atoms with E-state index in [1.54, 1.807) is 11.0 Å². The van der Waals surface area contributed by atoms with E-state index in [2.05, 4.69) is 0 Å². The maximum Gasteiger partial charge on any atom is 0.290 e. The van der Waals surface area contributed by atoms with Crippen molar-refractivity contribution in [1.82, 2.24) is 4.90 Å². The fourth-order valence-electron chi connectivity index (χ4n) is 4.37. The van der Waals surface area contributed by atoms with Gasteiger partial charge in [0.1, 0.15) is 16.9 Å². The summed E-state index contributed by atoms with van der Waals surface area (Å²) in [6.45, 7) is 4.85. The molecule has 28 heavy (non-hydrogen) atoms. The maximum absolute atomic E-state index is 13.2. The summed E-state index contributed by atoms with van der Waals surface area (Å²) < 4.78 is 12.1. The van der Waals surface area contributed by atoms with Crippen LogP contribution in [0.4, 0.5) is 0 Å². The number of furan rings is 1. The van der Waals surface area contributed by atoms with Gasteiger partial charge in [0.15, 0.2) is 11.5 Å². The first-order valence-corrected chi connectivity index (χ1v) is 9.56. The van der Waals surface area contributed by atoms with Crippen LogP contribution in [0, 0.1) is 13.8 Å². The number of hydrogen-bond donors (Lipinski definition) is 0. The third kappa shape index (κ3) is 2.53. The van der Waals surface area contributed by atoms with Gasteiger partial charge >= 0.3 is 0 Å². The van der Waals surface area contributed by atoms with E-state index in [4.69, 9.17) is 9.15 Å². The van der Waals surface area contributed by atoms with E-state index in [1.807, 2.05) is 50.2 Å². The van der Waals surface area contributed by atoms with Crippen LogP contribution in [0.25, 0.3) is 11.0 Å². The first-order chi connectivity index (χ1) is 13.5. The van der Waals surface area contributed by atoms with Crippen LogP contribution in [-0.2, 0) is 0 Å². The number of ether oxygens (including phenoxy) is 1. The second-order valence-electron chi connectivity index (χ2n) is 7.91. The molecule has 2 aromatic carbocycles. The minimum absolute atomic E-state index is 0.0755. The SMILES string of the molecule is Cc1ccc2c(C)c(C(=O)N3CC[C@]4(CC(=O)c5ccccc5O4)C3)oc2c1. The second-order valence-corrected chi connectivity index (χ2v) is 7.91. The van der Waals surface area contributed by atoms with Crippen LogP contribution in [-0.4, -0.2) is 35.3 Å². The molecule has 1 fully saturated rings. The Morgan fingerprint density at radius 2 is 1.96 bits per heavy atom. The third-order valence-electron chi connectivity index (χ3n) is 5.89. The van der Waals surface area contributed by atoms with Crippen molar-refractivity contribution in [2.75, 3.05) is 13.1 Å². The van der Waals surface area contributed by atoms with E-state index in [9.17, 15) is 9.59 Å². The number of benzene rings is 2. The van der Waals surface area contributed by atoms with Gasteiger partial charge in [0.05, 0.1) is 18.5 Å². The second kappa shape index (κ2) is 5.96. The number of rotatable bonds is 1. The van der Waals surface area contributed by atoms with Crippen LogP contribution in [0.15, 0.2) is 46.9 Å². The van der Waals surface area contributed by atoms with Crippen molar-refractivity contribution < 1.29 is 18.7 Å². The minimum Gasteiger partial charge on any atom is -0.484 e. The Kier molecular flexibility index (Phi) is 3.63. The summed E-state index contributed by atoms with van der Waals surface area (Å²) in [5.74, 6) is 0.924. The first-order valence-electron chi connectivity index (χ1n) is 9.56. The zero-order valence-corrected chi connectivity index (χ0v) is 16.0. The molecule has 0 N–H and O–H groups in total. The quantitative estimate of drug-likeness (QED) is 0.636. The Hall–Kier alpha value is -3.08. The number of para-hydroxylation sites is 1. The van der Waals surface area contributed by atoms with Crippen LogP contribution in [0.3, 0.4) is 0 Å². The van der Waals surface area contributed by atoms with Crippen molar-refractivity contribution in [3.05, 3.63) is 64.9 Å². The largest absolute Gasteiger partial charge is 0.484 e. The summed E-state index contributed by atoms with van der Waals surface area (Å²) in [5, 5.41) is 0.959. The Morgan fingerprint density at radius 3 is 2.82 bits per heavy atom. The molecule has 1 saturated heterocycles. The average molecular weight is 375 g/mol. The molecule has 2 aliphatic rings. The summed E-state index contributed by atoms with van der Waals surface area (Å²) in [5.41, 5.74) is 2.66. The molecule has 3 heterocycles. The van der Waals surface area contributed by atoms with Gasteiger partial charge in [-0.05, 0) is 37.6 Å². The number of ketones is 1. The highest BCUT2D eigenvalue weighted by molar-refractivity contribution is 6.01. The number of aryl methyl sites for hydroxylation is 2. The first kappa shape index (κ1) is 17.0. The molecule has 0 radical (unpaired) electrons. The van der Waals surface area contributed by atoms with E-state index < -0.39 is 5.60 Å². The lowest BCUT2D eigenvalue weighted by Crippen LogP contribution is -2.45. The number of hydrogen-bond acceptors (Lipinski definition) is 4. The maximum atomic E-state index is 13.2. The molecule has 0 saturated carbocycles. The van der Waals surface area contributed by atoms with E-state index in [1.165, 1.54) is 0 Å². The molecular formula is C23H21NO4. The predicted molar refractivity (Wildman–Crippen MR) is 105 cm³/mol. The van der Waals surface area contributed by atoms with Crippen molar-refractivity contribution in [2.45, 2.75) is 32.3 Å². The van der Waals surface area contributed by atoms with Gasteiger partial charge in [-0.3, -0.25) is 9.59 Å². The van der Waals surface area contributed by atoms with Crippen molar-refractivity contribution in [2.24, 2.45) is 0 Å². The molecule has 5 heteroatoms. The molecule has 0 unspecified atom stereocenters. The van der Waals surface area contributed by atoms with Gasteiger partial charge in [0.25, 0.3) is 5.91 Å². The van der Waals surface area contributed by atoms with Gasteiger partial charge in [-0.15, -0.1) is 0 Å². The Labute approximate surface area is 162 Å². The topological polar surface area (TPSA) is 59.8 Å². The van der Waals surface area contributed by atoms with E-state index in [-0.39, 0.29) is 11.7 Å². The summed E-state index contributed by atoms with van der Waals surface area (Å²) >= 11 is 0. The number of carbonyl (C=O) groups is 2. The van der Waals surface area contributed by atoms with Crippen LogP contribution in [0.2, 0.25) is 0 Å². The predicted octanol–water partition coefficient (Wildman–Crippen LogP) is 4.30. The number of carbonyl (C=O) groups excluding carboxylic acids is 2. The highest BCUT2D eigenvalue weighted by Gasteiger charge is 2.47. The van der Waals surface area contributed by atoms with E-state index in [0.717, 1.165) is 22.1 Å². The van der Waals surface area contributed by atoms with Crippen molar-refractivity contribution >= 4 is 22.7 Å². The van der Waals surface area contributed by atoms with Gasteiger partial charge in [0.2, 0.25) is 0 Å². The Balaban J connectivity index is 1.43. The standard InChI is InChI=1S/C23H21NO4/c1-14-7-8-16-15(2)21(27-20(16)11-14)22(26)24-10-9-23(13-24)12-18(25)17-5-3-4-6-19(17)28-23/h3-8,11H,9-10,12-13H2,1-2H3/t23-/m0/s1. The molecule has 1 aromatic heterocycles. The third-order valence-corrected chi connectivity index (χ3v) is 5.89. The monoisotopic (exact) mass is 375 g/mol. The number of nitrogens with zero attached hydrogens (tertiary/aromatic N) is 1. The summed E-state index contributed by atoms with van der Waals surface area (Å²) in [4.78, 5) is 27.5. The molecule has 3 aromatic rings. The fraction of sp³-hybridized carbons (Fsp3) is 0.304. The Morgan fingerprint density at radius 1 is 1.14 bits per heavy atom. The van der Waals surface area contributed by atoms with Crippen LogP contribution in [0.1, 0.15) is 44.9 Å². The molecular weight excluding hydrogens is 354 g/mol. The van der Waals surface area contributed by atoms with E-state index >= 15 is 0 Å². The van der Waals surface area contributed by atoms with E-state index in [0.29, 0.717) is 43.0 Å². The normalized spacial score (nSPS) is 21.2. The minimum atomic E-state index is -0.641. The number of amides is 1. The highest BCUT2D eigenvalue weighted by Crippen LogP contribution is 2.39. The highest BCUT2D eigenvalue weighted by atomic mass is 16.5. The lowest BCUT2D eigenvalue weighted by Gasteiger charge is -2.34. The molecule has 1 spiro atoms. The fourth-order valence-corrected chi connectivity index (χ4v) is 4.37. The lowest BCUT2D eigenvalue weighted by molar-refractivity contribution is 0.0422. The lowest BCUT2D eigenvalue weighted by atomic mass is 9.89. The molecule has 0 bridgehead atoms. The van der Waals surface area contributed by atoms with Crippen molar-refractivity contribution in [3.63, 3.8) is 0 Å². The number of fused-ring (bicyclic) bond motifs is 2. The molecule has 5 nitrogen and oxygen atoms in total. The molecule has 2 aliphatic heterocycles. The molecule has 1 amide bonds. The van der Waals surface area contributed by atoms with Crippen LogP contribution < -0.4 is 4.74 Å².